The van der Waals surface area contributed by atoms with E-state index in [2.05, 4.69) is 16.9 Å². The summed E-state index contributed by atoms with van der Waals surface area (Å²) in [7, 11) is 1.42. The minimum Gasteiger partial charge on any atom is -0.469 e. The SMILES string of the molecule is CC(C)C(=O)OC(C)c1ccccc1.COC(=O)CCCc1ccccc1. The zero-order valence-electron chi connectivity index (χ0n) is 16.7. The standard InChI is InChI=1S/C12H16O2.C11H14O2/c1-9(2)12(13)14-10(3)11-7-5-4-6-8-11;1-13-11(12)9-5-8-10-6-3-2-4-7-10/h4-10H,1-3H3;2-4,6-7H,5,8-9H2,1H3. The number of ether oxygens (including phenoxy) is 2. The van der Waals surface area contributed by atoms with Crippen LogP contribution < -0.4 is 0 Å². The lowest BCUT2D eigenvalue weighted by Gasteiger charge is -2.14. The molecule has 0 aromatic heterocycles. The Morgan fingerprint density at radius 1 is 0.889 bits per heavy atom. The van der Waals surface area contributed by atoms with Gasteiger partial charge >= 0.3 is 11.9 Å². The number of carbonyl (C=O) groups is 2. The van der Waals surface area contributed by atoms with Crippen LogP contribution in [0.1, 0.15) is 50.8 Å². The van der Waals surface area contributed by atoms with Gasteiger partial charge in [-0.15, -0.1) is 0 Å². The second-order valence-corrected chi connectivity index (χ2v) is 6.56. The first kappa shape index (κ1) is 22.4. The Morgan fingerprint density at radius 3 is 1.96 bits per heavy atom. The fraction of sp³-hybridized carbons (Fsp3) is 0.391. The van der Waals surface area contributed by atoms with E-state index in [0.717, 1.165) is 18.4 Å². The van der Waals surface area contributed by atoms with E-state index in [1.807, 2.05) is 69.3 Å². The van der Waals surface area contributed by atoms with E-state index in [1.54, 1.807) is 0 Å². The average molecular weight is 370 g/mol. The summed E-state index contributed by atoms with van der Waals surface area (Å²) < 4.78 is 9.81. The van der Waals surface area contributed by atoms with Crippen LogP contribution in [-0.2, 0) is 25.5 Å². The van der Waals surface area contributed by atoms with Gasteiger partial charge in [0, 0.05) is 6.42 Å². The van der Waals surface area contributed by atoms with Crippen LogP contribution in [0.15, 0.2) is 60.7 Å². The molecule has 4 heteroatoms. The van der Waals surface area contributed by atoms with Gasteiger partial charge in [-0.3, -0.25) is 9.59 Å². The van der Waals surface area contributed by atoms with Gasteiger partial charge in [-0.25, -0.2) is 0 Å². The van der Waals surface area contributed by atoms with E-state index in [1.165, 1.54) is 12.7 Å². The lowest BCUT2D eigenvalue weighted by Crippen LogP contribution is -2.14. The number of carbonyl (C=O) groups excluding carboxylic acids is 2. The van der Waals surface area contributed by atoms with Crippen LogP contribution in [0.25, 0.3) is 0 Å². The summed E-state index contributed by atoms with van der Waals surface area (Å²) in [5.74, 6) is -0.349. The number of rotatable bonds is 7. The molecule has 0 N–H and O–H groups in total. The molecule has 2 aromatic rings. The van der Waals surface area contributed by atoms with Gasteiger partial charge in [0.1, 0.15) is 6.10 Å². The highest BCUT2D eigenvalue weighted by Gasteiger charge is 2.13. The molecule has 1 atom stereocenters. The van der Waals surface area contributed by atoms with Crippen molar-refractivity contribution in [2.75, 3.05) is 7.11 Å². The van der Waals surface area contributed by atoms with Crippen molar-refractivity contribution < 1.29 is 19.1 Å². The molecule has 146 valence electrons. The Labute approximate surface area is 162 Å². The van der Waals surface area contributed by atoms with E-state index in [9.17, 15) is 9.59 Å². The molecule has 0 spiro atoms. The number of methoxy groups -OCH3 is 1. The van der Waals surface area contributed by atoms with Gasteiger partial charge in [-0.05, 0) is 30.9 Å². The van der Waals surface area contributed by atoms with Crippen molar-refractivity contribution in [3.63, 3.8) is 0 Å². The fourth-order valence-electron chi connectivity index (χ4n) is 2.29. The smallest absolute Gasteiger partial charge is 0.308 e. The van der Waals surface area contributed by atoms with Gasteiger partial charge in [0.2, 0.25) is 0 Å². The van der Waals surface area contributed by atoms with Crippen LogP contribution in [0.2, 0.25) is 0 Å². The third kappa shape index (κ3) is 9.59. The van der Waals surface area contributed by atoms with Crippen molar-refractivity contribution in [2.24, 2.45) is 5.92 Å². The molecule has 27 heavy (non-hydrogen) atoms. The Kier molecular flexibility index (Phi) is 10.5. The molecule has 0 fully saturated rings. The highest BCUT2D eigenvalue weighted by atomic mass is 16.5. The maximum absolute atomic E-state index is 11.3. The molecule has 0 aliphatic heterocycles. The summed E-state index contributed by atoms with van der Waals surface area (Å²) >= 11 is 0. The van der Waals surface area contributed by atoms with E-state index < -0.39 is 0 Å². The maximum atomic E-state index is 11.3. The van der Waals surface area contributed by atoms with Crippen LogP contribution >= 0.6 is 0 Å². The monoisotopic (exact) mass is 370 g/mol. The average Bonchev–Trinajstić information content (AvgIpc) is 2.69. The summed E-state index contributed by atoms with van der Waals surface area (Å²) in [5, 5.41) is 0. The topological polar surface area (TPSA) is 52.6 Å². The lowest BCUT2D eigenvalue weighted by molar-refractivity contribution is -0.152. The second-order valence-electron chi connectivity index (χ2n) is 6.56. The number of aryl methyl sites for hydroxylation is 1. The number of hydrogen-bond donors (Lipinski definition) is 0. The second kappa shape index (κ2) is 12.7. The lowest BCUT2D eigenvalue weighted by atomic mass is 10.1. The molecule has 0 heterocycles. The minimum absolute atomic E-state index is 0.0684. The molecule has 0 aliphatic carbocycles. The first-order valence-electron chi connectivity index (χ1n) is 9.30. The van der Waals surface area contributed by atoms with Gasteiger partial charge in [0.05, 0.1) is 13.0 Å². The van der Waals surface area contributed by atoms with E-state index in [-0.39, 0.29) is 24.0 Å². The molecule has 0 aliphatic rings. The summed E-state index contributed by atoms with van der Waals surface area (Å²) in [6.45, 7) is 5.55. The van der Waals surface area contributed by atoms with E-state index >= 15 is 0 Å². The predicted octanol–water partition coefficient (Wildman–Crippen LogP) is 5.13. The zero-order chi connectivity index (χ0) is 20.1. The summed E-state index contributed by atoms with van der Waals surface area (Å²) in [6, 6.07) is 19.9. The minimum atomic E-state index is -0.161. The largest absolute Gasteiger partial charge is 0.469 e. The van der Waals surface area contributed by atoms with Crippen molar-refractivity contribution >= 4 is 11.9 Å². The number of esters is 2. The molecule has 4 nitrogen and oxygen atoms in total. The molecule has 2 rings (SSSR count). The molecular formula is C23H30O4. The Balaban J connectivity index is 0.000000271. The van der Waals surface area contributed by atoms with Gasteiger partial charge in [0.15, 0.2) is 0 Å². The molecule has 0 bridgehead atoms. The summed E-state index contributed by atoms with van der Waals surface area (Å²) in [5.41, 5.74) is 2.30. The van der Waals surface area contributed by atoms with Crippen LogP contribution in [0, 0.1) is 5.92 Å². The summed E-state index contributed by atoms with van der Waals surface area (Å²) in [6.07, 6.45) is 2.14. The zero-order valence-corrected chi connectivity index (χ0v) is 16.7. The molecule has 0 radical (unpaired) electrons. The first-order valence-corrected chi connectivity index (χ1v) is 9.30. The first-order chi connectivity index (χ1) is 12.9. The van der Waals surface area contributed by atoms with Gasteiger partial charge < -0.3 is 9.47 Å². The Bertz CT molecular complexity index is 665. The number of benzene rings is 2. The van der Waals surface area contributed by atoms with Gasteiger partial charge in [-0.1, -0.05) is 74.5 Å². The van der Waals surface area contributed by atoms with Gasteiger partial charge in [-0.2, -0.15) is 0 Å². The van der Waals surface area contributed by atoms with Crippen molar-refractivity contribution in [2.45, 2.75) is 46.1 Å². The normalized spacial score (nSPS) is 11.1. The van der Waals surface area contributed by atoms with Crippen molar-refractivity contribution in [3.05, 3.63) is 71.8 Å². The van der Waals surface area contributed by atoms with Gasteiger partial charge in [0.25, 0.3) is 0 Å². The van der Waals surface area contributed by atoms with Crippen molar-refractivity contribution in [3.8, 4) is 0 Å². The molecule has 0 amide bonds. The van der Waals surface area contributed by atoms with Crippen LogP contribution in [-0.4, -0.2) is 19.0 Å². The Hall–Kier alpha value is -2.62. The van der Waals surface area contributed by atoms with E-state index in [0.29, 0.717) is 6.42 Å². The maximum Gasteiger partial charge on any atom is 0.308 e. The quantitative estimate of drug-likeness (QED) is 0.634. The van der Waals surface area contributed by atoms with Crippen LogP contribution in [0.3, 0.4) is 0 Å². The molecule has 1 unspecified atom stereocenters. The Morgan fingerprint density at radius 2 is 1.44 bits per heavy atom. The molecule has 2 aromatic carbocycles. The predicted molar refractivity (Wildman–Crippen MR) is 107 cm³/mol. The molecular weight excluding hydrogens is 340 g/mol. The highest BCUT2D eigenvalue weighted by Crippen LogP contribution is 2.17. The van der Waals surface area contributed by atoms with E-state index in [4.69, 9.17) is 4.74 Å². The summed E-state index contributed by atoms with van der Waals surface area (Å²) in [4.78, 5) is 22.1. The van der Waals surface area contributed by atoms with Crippen molar-refractivity contribution in [1.82, 2.24) is 0 Å². The van der Waals surface area contributed by atoms with Crippen molar-refractivity contribution in [1.29, 1.82) is 0 Å². The fourth-order valence-corrected chi connectivity index (χ4v) is 2.29. The highest BCUT2D eigenvalue weighted by molar-refractivity contribution is 5.71. The van der Waals surface area contributed by atoms with Crippen LogP contribution in [0.4, 0.5) is 0 Å². The molecule has 0 saturated carbocycles. The third-order valence-electron chi connectivity index (χ3n) is 3.95. The number of hydrogen-bond acceptors (Lipinski definition) is 4. The van der Waals surface area contributed by atoms with Crippen LogP contribution in [0.5, 0.6) is 0 Å². The third-order valence-corrected chi connectivity index (χ3v) is 3.95. The molecule has 0 saturated heterocycles.